The van der Waals surface area contributed by atoms with Crippen molar-refractivity contribution in [3.63, 3.8) is 0 Å². The van der Waals surface area contributed by atoms with Gasteiger partial charge in [-0.1, -0.05) is 13.8 Å². The molecule has 1 rings (SSSR count). The first kappa shape index (κ1) is 15.3. The van der Waals surface area contributed by atoms with Crippen LogP contribution in [0.5, 0.6) is 0 Å². The average Bonchev–Trinajstić information content (AvgIpc) is 2.36. The molecule has 0 atom stereocenters. The van der Waals surface area contributed by atoms with Crippen LogP contribution in [0.2, 0.25) is 0 Å². The van der Waals surface area contributed by atoms with Gasteiger partial charge in [0.25, 0.3) is 0 Å². The van der Waals surface area contributed by atoms with Crippen LogP contribution in [0.3, 0.4) is 0 Å². The van der Waals surface area contributed by atoms with E-state index in [2.05, 4.69) is 19.2 Å². The van der Waals surface area contributed by atoms with Crippen molar-refractivity contribution in [3.8, 4) is 0 Å². The third-order valence-electron chi connectivity index (χ3n) is 3.30. The molecule has 1 aromatic rings. The summed E-state index contributed by atoms with van der Waals surface area (Å²) in [4.78, 5) is 0.331. The molecule has 0 aliphatic carbocycles. The second-order valence-corrected chi connectivity index (χ2v) is 6.83. The highest BCUT2D eigenvalue weighted by Gasteiger charge is 2.24. The lowest BCUT2D eigenvalue weighted by Crippen LogP contribution is -2.38. The van der Waals surface area contributed by atoms with Crippen molar-refractivity contribution < 1.29 is 8.42 Å². The van der Waals surface area contributed by atoms with E-state index in [-0.39, 0.29) is 5.54 Å². The summed E-state index contributed by atoms with van der Waals surface area (Å²) in [5.74, 6) is 0.522. The van der Waals surface area contributed by atoms with Crippen LogP contribution in [0.1, 0.15) is 26.7 Å². The van der Waals surface area contributed by atoms with Gasteiger partial charge in [-0.3, -0.25) is 0 Å². The molecule has 0 saturated heterocycles. The van der Waals surface area contributed by atoms with Crippen molar-refractivity contribution in [1.82, 2.24) is 0 Å². The lowest BCUT2D eigenvalue weighted by Gasteiger charge is -2.32. The van der Waals surface area contributed by atoms with E-state index in [0.717, 1.165) is 18.5 Å². The third kappa shape index (κ3) is 3.62. The Morgan fingerprint density at radius 3 is 2.00 bits per heavy atom. The number of halogens is 1. The minimum absolute atomic E-state index is 0.131. The third-order valence-corrected chi connectivity index (χ3v) is 4.94. The van der Waals surface area contributed by atoms with Crippen molar-refractivity contribution in [3.05, 3.63) is 24.3 Å². The quantitative estimate of drug-likeness (QED) is 0.817. The Labute approximate surface area is 114 Å². The zero-order valence-corrected chi connectivity index (χ0v) is 12.6. The molecular weight excluding hydrogens is 270 g/mol. The molecule has 0 spiro atoms. The highest BCUT2D eigenvalue weighted by atomic mass is 35.5. The summed E-state index contributed by atoms with van der Waals surface area (Å²) in [6, 6.07) is 6.79. The van der Waals surface area contributed by atoms with Crippen LogP contribution in [0.4, 0.5) is 5.69 Å². The van der Waals surface area contributed by atoms with Gasteiger partial charge >= 0.3 is 0 Å². The maximum absolute atomic E-state index is 11.4. The predicted molar refractivity (Wildman–Crippen MR) is 77.2 cm³/mol. The number of sulfone groups is 1. The second-order valence-electron chi connectivity index (χ2n) is 4.54. The van der Waals surface area contributed by atoms with E-state index in [1.165, 1.54) is 6.26 Å². The van der Waals surface area contributed by atoms with Crippen LogP contribution in [0.25, 0.3) is 0 Å². The van der Waals surface area contributed by atoms with Gasteiger partial charge in [-0.25, -0.2) is 8.42 Å². The number of alkyl halides is 1. The molecule has 1 N–H and O–H groups in total. The Morgan fingerprint density at radius 1 is 1.17 bits per heavy atom. The molecule has 0 aromatic heterocycles. The van der Waals surface area contributed by atoms with Gasteiger partial charge in [-0.15, -0.1) is 11.6 Å². The molecule has 102 valence electrons. The van der Waals surface area contributed by atoms with E-state index < -0.39 is 9.84 Å². The molecule has 0 aliphatic heterocycles. The van der Waals surface area contributed by atoms with E-state index in [9.17, 15) is 8.42 Å². The summed E-state index contributed by atoms with van der Waals surface area (Å²) in [5, 5.41) is 3.39. The van der Waals surface area contributed by atoms with E-state index >= 15 is 0 Å². The van der Waals surface area contributed by atoms with Crippen molar-refractivity contribution >= 4 is 27.1 Å². The van der Waals surface area contributed by atoms with Gasteiger partial charge in [-0.05, 0) is 37.1 Å². The molecular formula is C13H20ClNO2S. The topological polar surface area (TPSA) is 46.2 Å². The fourth-order valence-corrected chi connectivity index (χ4v) is 2.82. The number of benzene rings is 1. The molecule has 0 amide bonds. The van der Waals surface area contributed by atoms with Crippen molar-refractivity contribution in [2.45, 2.75) is 37.1 Å². The maximum Gasteiger partial charge on any atom is 0.175 e. The molecule has 0 saturated carbocycles. The number of nitrogens with one attached hydrogen (secondary N) is 1. The second kappa shape index (κ2) is 5.93. The zero-order valence-electron chi connectivity index (χ0n) is 11.0. The molecule has 0 radical (unpaired) electrons. The molecule has 0 aliphatic rings. The Kier molecular flexibility index (Phi) is 5.05. The molecule has 0 fully saturated rings. The lowest BCUT2D eigenvalue weighted by molar-refractivity contribution is 0.484. The van der Waals surface area contributed by atoms with Crippen LogP contribution < -0.4 is 5.32 Å². The summed E-state index contributed by atoms with van der Waals surface area (Å²) in [7, 11) is -3.13. The number of anilines is 1. The average molecular weight is 290 g/mol. The van der Waals surface area contributed by atoms with Crippen molar-refractivity contribution in [2.24, 2.45) is 0 Å². The van der Waals surface area contributed by atoms with E-state index in [1.54, 1.807) is 24.3 Å². The van der Waals surface area contributed by atoms with Gasteiger partial charge in [0.05, 0.1) is 10.4 Å². The number of hydrogen-bond donors (Lipinski definition) is 1. The molecule has 0 unspecified atom stereocenters. The van der Waals surface area contributed by atoms with Crippen LogP contribution in [0.15, 0.2) is 29.2 Å². The van der Waals surface area contributed by atoms with Crippen LogP contribution in [-0.2, 0) is 9.84 Å². The first-order valence-corrected chi connectivity index (χ1v) is 8.44. The van der Waals surface area contributed by atoms with Gasteiger partial charge in [-0.2, -0.15) is 0 Å². The molecule has 0 heterocycles. The highest BCUT2D eigenvalue weighted by Crippen LogP contribution is 2.24. The summed E-state index contributed by atoms with van der Waals surface area (Å²) in [5.41, 5.74) is 0.764. The maximum atomic E-state index is 11.4. The molecule has 18 heavy (non-hydrogen) atoms. The van der Waals surface area contributed by atoms with Crippen molar-refractivity contribution in [1.29, 1.82) is 0 Å². The largest absolute Gasteiger partial charge is 0.378 e. The van der Waals surface area contributed by atoms with E-state index in [1.807, 2.05) is 0 Å². The van der Waals surface area contributed by atoms with E-state index in [0.29, 0.717) is 10.8 Å². The zero-order chi connectivity index (χ0) is 13.8. The van der Waals surface area contributed by atoms with Gasteiger partial charge in [0.2, 0.25) is 0 Å². The van der Waals surface area contributed by atoms with Crippen LogP contribution >= 0.6 is 11.6 Å². The smallest absolute Gasteiger partial charge is 0.175 e. The SMILES string of the molecule is CCC(CC)(CCl)Nc1ccc(S(C)(=O)=O)cc1. The minimum Gasteiger partial charge on any atom is -0.378 e. The number of rotatable bonds is 6. The lowest BCUT2D eigenvalue weighted by atomic mass is 9.95. The summed E-state index contributed by atoms with van der Waals surface area (Å²) in [6.07, 6.45) is 3.04. The molecule has 3 nitrogen and oxygen atoms in total. The first-order valence-electron chi connectivity index (χ1n) is 6.01. The van der Waals surface area contributed by atoms with Crippen LogP contribution in [0, 0.1) is 0 Å². The fourth-order valence-electron chi connectivity index (χ4n) is 1.74. The monoisotopic (exact) mass is 289 g/mol. The van der Waals surface area contributed by atoms with Gasteiger partial charge < -0.3 is 5.32 Å². The molecule has 5 heteroatoms. The van der Waals surface area contributed by atoms with Gasteiger partial charge in [0, 0.05) is 17.8 Å². The minimum atomic E-state index is -3.13. The van der Waals surface area contributed by atoms with Gasteiger partial charge in [0.1, 0.15) is 0 Å². The van der Waals surface area contributed by atoms with E-state index in [4.69, 9.17) is 11.6 Å². The summed E-state index contributed by atoms with van der Waals surface area (Å²) < 4.78 is 22.7. The standard InChI is InChI=1S/C13H20ClNO2S/c1-4-13(5-2,10-14)15-11-6-8-12(9-7-11)18(3,16)17/h6-9,15H,4-5,10H2,1-3H3. The fraction of sp³-hybridized carbons (Fsp3) is 0.538. The molecule has 1 aromatic carbocycles. The Balaban J connectivity index is 2.93. The highest BCUT2D eigenvalue weighted by molar-refractivity contribution is 7.90. The summed E-state index contributed by atoms with van der Waals surface area (Å²) >= 11 is 6.02. The van der Waals surface area contributed by atoms with Crippen LogP contribution in [-0.4, -0.2) is 26.1 Å². The molecule has 0 bridgehead atoms. The Hall–Kier alpha value is -0.740. The van der Waals surface area contributed by atoms with Gasteiger partial charge in [0.15, 0.2) is 9.84 Å². The predicted octanol–water partition coefficient (Wildman–Crippen LogP) is 3.30. The van der Waals surface area contributed by atoms with Crippen molar-refractivity contribution in [2.75, 3.05) is 17.5 Å². The normalized spacial score (nSPS) is 12.4. The first-order chi connectivity index (χ1) is 8.37. The Bertz CT molecular complexity index is 470. The Morgan fingerprint density at radius 2 is 1.67 bits per heavy atom. The summed E-state index contributed by atoms with van der Waals surface area (Å²) in [6.45, 7) is 4.17. The number of hydrogen-bond acceptors (Lipinski definition) is 3.